The molecule has 0 bridgehead atoms. The minimum Gasteiger partial charge on any atom is -0.497 e. The molecule has 1 amide bonds. The minimum absolute atomic E-state index is 0.168. The van der Waals surface area contributed by atoms with E-state index >= 15 is 0 Å². The highest BCUT2D eigenvalue weighted by atomic mass is 32.2. The van der Waals surface area contributed by atoms with E-state index in [0.717, 1.165) is 36.0 Å². The van der Waals surface area contributed by atoms with Gasteiger partial charge in [-0.1, -0.05) is 44.0 Å². The molecule has 0 saturated heterocycles. The highest BCUT2D eigenvalue weighted by molar-refractivity contribution is 7.89. The maximum atomic E-state index is 13.8. The third-order valence-electron chi connectivity index (χ3n) is 6.79. The number of hydrogen-bond donors (Lipinski definition) is 0. The van der Waals surface area contributed by atoms with Crippen molar-refractivity contribution >= 4 is 27.3 Å². The van der Waals surface area contributed by atoms with Crippen molar-refractivity contribution in [1.29, 1.82) is 0 Å². The van der Waals surface area contributed by atoms with Crippen molar-refractivity contribution in [3.8, 4) is 5.75 Å². The van der Waals surface area contributed by atoms with Gasteiger partial charge in [-0.25, -0.2) is 8.42 Å². The molecule has 0 aliphatic carbocycles. The van der Waals surface area contributed by atoms with Crippen LogP contribution < -0.4 is 4.74 Å². The van der Waals surface area contributed by atoms with E-state index in [9.17, 15) is 13.2 Å². The van der Waals surface area contributed by atoms with Crippen LogP contribution in [0.5, 0.6) is 5.75 Å². The smallest absolute Gasteiger partial charge is 0.243 e. The molecule has 0 saturated carbocycles. The predicted molar refractivity (Wildman–Crippen MR) is 144 cm³/mol. The summed E-state index contributed by atoms with van der Waals surface area (Å²) in [5, 5.41) is 2.08. The number of sulfonamides is 1. The van der Waals surface area contributed by atoms with Crippen molar-refractivity contribution in [2.24, 2.45) is 0 Å². The summed E-state index contributed by atoms with van der Waals surface area (Å²) in [6.45, 7) is 4.83. The van der Waals surface area contributed by atoms with Gasteiger partial charge >= 0.3 is 0 Å². The topological polar surface area (TPSA) is 66.9 Å². The number of nitrogens with zero attached hydrogens (tertiary/aromatic N) is 2. The summed E-state index contributed by atoms with van der Waals surface area (Å²) in [4.78, 5) is 17.2. The average Bonchev–Trinajstić information content (AvgIpc) is 3.37. The first-order chi connectivity index (χ1) is 17.4. The summed E-state index contributed by atoms with van der Waals surface area (Å²) in [6.07, 6.45) is 3.35. The van der Waals surface area contributed by atoms with Crippen molar-refractivity contribution in [1.82, 2.24) is 9.21 Å². The first kappa shape index (κ1) is 26.4. The van der Waals surface area contributed by atoms with Gasteiger partial charge in [-0.2, -0.15) is 4.31 Å². The molecule has 36 heavy (non-hydrogen) atoms. The zero-order chi connectivity index (χ0) is 25.7. The first-order valence-electron chi connectivity index (χ1n) is 12.4. The fraction of sp³-hybridized carbons (Fsp3) is 0.393. The largest absolute Gasteiger partial charge is 0.497 e. The molecule has 8 heteroatoms. The molecule has 0 N–H and O–H groups in total. The number of fused-ring (bicyclic) bond motifs is 1. The third kappa shape index (κ3) is 5.51. The van der Waals surface area contributed by atoms with E-state index in [-0.39, 0.29) is 23.4 Å². The number of carbonyl (C=O) groups is 1. The fourth-order valence-electron chi connectivity index (χ4n) is 4.77. The van der Waals surface area contributed by atoms with Crippen LogP contribution in [0.25, 0.3) is 0 Å². The number of amides is 1. The summed E-state index contributed by atoms with van der Waals surface area (Å²) in [5.41, 5.74) is 3.34. The summed E-state index contributed by atoms with van der Waals surface area (Å²) >= 11 is 1.72. The zero-order valence-electron chi connectivity index (χ0n) is 21.1. The molecule has 1 aromatic heterocycles. The van der Waals surface area contributed by atoms with Gasteiger partial charge in [0.05, 0.1) is 24.6 Å². The van der Waals surface area contributed by atoms with Crippen LogP contribution in [0.2, 0.25) is 0 Å². The third-order valence-corrected chi connectivity index (χ3v) is 9.65. The van der Waals surface area contributed by atoms with Gasteiger partial charge in [-0.15, -0.1) is 11.3 Å². The van der Waals surface area contributed by atoms with Crippen molar-refractivity contribution in [3.63, 3.8) is 0 Å². The number of aryl methyl sites for hydroxylation is 1. The quantitative estimate of drug-likeness (QED) is 0.331. The Bertz CT molecular complexity index is 1280. The Labute approximate surface area is 218 Å². The highest BCUT2D eigenvalue weighted by Crippen LogP contribution is 2.39. The lowest BCUT2D eigenvalue weighted by molar-refractivity contribution is -0.133. The molecule has 1 aliphatic heterocycles. The van der Waals surface area contributed by atoms with Crippen molar-refractivity contribution < 1.29 is 17.9 Å². The van der Waals surface area contributed by atoms with Crippen molar-refractivity contribution in [3.05, 3.63) is 81.5 Å². The lowest BCUT2D eigenvalue weighted by atomic mass is 9.90. The molecule has 1 unspecified atom stereocenters. The van der Waals surface area contributed by atoms with E-state index < -0.39 is 10.0 Å². The first-order valence-corrected chi connectivity index (χ1v) is 14.7. The Morgan fingerprint density at radius 3 is 2.53 bits per heavy atom. The maximum Gasteiger partial charge on any atom is 0.243 e. The van der Waals surface area contributed by atoms with Gasteiger partial charge in [0.2, 0.25) is 15.9 Å². The van der Waals surface area contributed by atoms with E-state index in [1.54, 1.807) is 42.7 Å². The molecular weight excluding hydrogens is 492 g/mol. The Balaban J connectivity index is 1.65. The summed E-state index contributed by atoms with van der Waals surface area (Å²) in [5.74, 6) is 0.414. The van der Waals surface area contributed by atoms with Gasteiger partial charge in [0.1, 0.15) is 5.75 Å². The molecule has 1 atom stereocenters. The van der Waals surface area contributed by atoms with Crippen LogP contribution in [0.15, 0.2) is 64.9 Å². The summed E-state index contributed by atoms with van der Waals surface area (Å²) in [7, 11) is -2.30. The van der Waals surface area contributed by atoms with Gasteiger partial charge in [-0.05, 0) is 72.2 Å². The number of methoxy groups -OCH3 is 1. The molecule has 3 aromatic rings. The van der Waals surface area contributed by atoms with Gasteiger partial charge in [0.25, 0.3) is 0 Å². The number of hydrogen-bond acceptors (Lipinski definition) is 5. The molecule has 6 nitrogen and oxygen atoms in total. The second-order valence-corrected chi connectivity index (χ2v) is 12.1. The lowest BCUT2D eigenvalue weighted by Crippen LogP contribution is -2.47. The van der Waals surface area contributed by atoms with Crippen LogP contribution in [-0.2, 0) is 21.2 Å². The van der Waals surface area contributed by atoms with Crippen LogP contribution >= 0.6 is 11.3 Å². The molecule has 0 spiro atoms. The summed E-state index contributed by atoms with van der Waals surface area (Å²) < 4.78 is 33.8. The van der Waals surface area contributed by atoms with E-state index in [1.807, 2.05) is 17.0 Å². The average molecular weight is 527 g/mol. The number of benzene rings is 2. The maximum absolute atomic E-state index is 13.8. The number of thiophene rings is 1. The van der Waals surface area contributed by atoms with Gasteiger partial charge in [-0.3, -0.25) is 4.79 Å². The van der Waals surface area contributed by atoms with E-state index in [4.69, 9.17) is 4.74 Å². The molecule has 4 rings (SSSR count). The zero-order valence-corrected chi connectivity index (χ0v) is 22.8. The second kappa shape index (κ2) is 11.6. The second-order valence-electron chi connectivity index (χ2n) is 9.12. The Kier molecular flexibility index (Phi) is 8.49. The van der Waals surface area contributed by atoms with Gasteiger partial charge in [0, 0.05) is 18.0 Å². The fourth-order valence-corrected chi connectivity index (χ4v) is 7.11. The normalized spacial score (nSPS) is 15.7. The minimum atomic E-state index is -3.85. The van der Waals surface area contributed by atoms with Crippen LogP contribution in [-0.4, -0.2) is 50.3 Å². The highest BCUT2D eigenvalue weighted by Gasteiger charge is 2.36. The predicted octanol–water partition coefficient (Wildman–Crippen LogP) is 5.42. The number of unbranched alkanes of at least 4 members (excludes halogenated alkanes) is 2. The SMILES string of the molecule is CCCCCN(CC(=O)N1CCc2sccc2C1c1ccccc1C)S(=O)(=O)c1ccc(OC)cc1. The molecular formula is C28H34N2O4S2. The van der Waals surface area contributed by atoms with Crippen LogP contribution in [0.1, 0.15) is 53.8 Å². The van der Waals surface area contributed by atoms with Crippen LogP contribution in [0, 0.1) is 6.92 Å². The standard InChI is InChI=1S/C28H34N2O4S2/c1-4-5-8-17-29(36(32,33)23-13-11-22(34-3)12-14-23)20-27(31)30-18-15-26-25(16-19-35-26)28(30)24-10-7-6-9-21(24)2/h6-7,9-14,16,19,28H,4-5,8,15,17-18,20H2,1-3H3. The van der Waals surface area contributed by atoms with E-state index in [2.05, 4.69) is 37.4 Å². The molecule has 1 aliphatic rings. The van der Waals surface area contributed by atoms with Crippen molar-refractivity contribution in [2.75, 3.05) is 26.7 Å². The monoisotopic (exact) mass is 526 g/mol. The van der Waals surface area contributed by atoms with Crippen molar-refractivity contribution in [2.45, 2.75) is 50.5 Å². The lowest BCUT2D eigenvalue weighted by Gasteiger charge is -2.38. The van der Waals surface area contributed by atoms with Crippen LogP contribution in [0.4, 0.5) is 0 Å². The molecule has 0 fully saturated rings. The Hall–Kier alpha value is -2.68. The Morgan fingerprint density at radius 2 is 1.83 bits per heavy atom. The molecule has 192 valence electrons. The molecule has 0 radical (unpaired) electrons. The van der Waals surface area contributed by atoms with Gasteiger partial charge in [0.15, 0.2) is 0 Å². The summed E-state index contributed by atoms with van der Waals surface area (Å²) in [6, 6.07) is 16.4. The molecule has 2 heterocycles. The number of carbonyl (C=O) groups excluding carboxylic acids is 1. The Morgan fingerprint density at radius 1 is 1.08 bits per heavy atom. The molecule has 2 aromatic carbocycles. The van der Waals surface area contributed by atoms with E-state index in [0.29, 0.717) is 25.3 Å². The van der Waals surface area contributed by atoms with Gasteiger partial charge < -0.3 is 9.64 Å². The van der Waals surface area contributed by atoms with Crippen LogP contribution in [0.3, 0.4) is 0 Å². The number of rotatable bonds is 10. The van der Waals surface area contributed by atoms with E-state index in [1.165, 1.54) is 9.18 Å². The number of ether oxygens (including phenoxy) is 1.